The molecule has 0 atom stereocenters. The van der Waals surface area contributed by atoms with E-state index < -0.39 is 12.1 Å². The maximum absolute atomic E-state index is 12.4. The summed E-state index contributed by atoms with van der Waals surface area (Å²) in [6.07, 6.45) is -0.677. The van der Waals surface area contributed by atoms with Crippen molar-refractivity contribution in [2.75, 3.05) is 0 Å². The predicted octanol–water partition coefficient (Wildman–Crippen LogP) is 3.25. The fourth-order valence-electron chi connectivity index (χ4n) is 2.23. The fourth-order valence-corrected chi connectivity index (χ4v) is 2.23. The second-order valence-corrected chi connectivity index (χ2v) is 4.10. The van der Waals surface area contributed by atoms with Gasteiger partial charge in [-0.2, -0.15) is 18.3 Å². The molecule has 2 rings (SSSR count). The Bertz CT molecular complexity index is 297. The molecule has 0 unspecified atom stereocenters. The smallest absolute Gasteiger partial charge is 0.282 e. The Morgan fingerprint density at radius 3 is 2.33 bits per heavy atom. The lowest BCUT2D eigenvalue weighted by Crippen LogP contribution is -2.27. The van der Waals surface area contributed by atoms with Gasteiger partial charge in [0, 0.05) is 17.8 Å². The SMILES string of the molecule is FC(F)(F)C1CCC(c2ccn[nH]2)CC1. The van der Waals surface area contributed by atoms with Gasteiger partial charge in [0.1, 0.15) is 0 Å². The van der Waals surface area contributed by atoms with Gasteiger partial charge in [0.05, 0.1) is 5.92 Å². The third-order valence-electron chi connectivity index (χ3n) is 3.15. The van der Waals surface area contributed by atoms with Crippen LogP contribution in [-0.2, 0) is 0 Å². The van der Waals surface area contributed by atoms with E-state index in [2.05, 4.69) is 10.2 Å². The first kappa shape index (κ1) is 10.5. The molecule has 0 amide bonds. The topological polar surface area (TPSA) is 28.7 Å². The van der Waals surface area contributed by atoms with E-state index in [0.717, 1.165) is 5.69 Å². The van der Waals surface area contributed by atoms with Crippen LogP contribution in [0.25, 0.3) is 0 Å². The van der Waals surface area contributed by atoms with Crippen LogP contribution in [0, 0.1) is 5.92 Å². The molecule has 1 aromatic heterocycles. The van der Waals surface area contributed by atoms with Gasteiger partial charge in [0.25, 0.3) is 0 Å². The van der Waals surface area contributed by atoms with Crippen molar-refractivity contribution < 1.29 is 13.2 Å². The summed E-state index contributed by atoms with van der Waals surface area (Å²) in [6, 6.07) is 1.85. The molecule has 0 radical (unpaired) electrons. The highest BCUT2D eigenvalue weighted by atomic mass is 19.4. The van der Waals surface area contributed by atoms with Crippen molar-refractivity contribution in [1.29, 1.82) is 0 Å². The van der Waals surface area contributed by atoms with E-state index in [1.54, 1.807) is 6.20 Å². The van der Waals surface area contributed by atoms with Crippen LogP contribution >= 0.6 is 0 Å². The zero-order valence-electron chi connectivity index (χ0n) is 8.22. The number of halogens is 3. The van der Waals surface area contributed by atoms with Crippen LogP contribution in [0.5, 0.6) is 0 Å². The van der Waals surface area contributed by atoms with Gasteiger partial charge in [-0.1, -0.05) is 0 Å². The molecular formula is C10H13F3N2. The number of hydrogen-bond acceptors (Lipinski definition) is 1. The summed E-state index contributed by atoms with van der Waals surface area (Å²) in [5, 5.41) is 6.65. The van der Waals surface area contributed by atoms with Crippen molar-refractivity contribution in [1.82, 2.24) is 10.2 Å². The lowest BCUT2D eigenvalue weighted by atomic mass is 9.80. The first-order valence-corrected chi connectivity index (χ1v) is 5.13. The molecule has 1 fully saturated rings. The first-order chi connectivity index (χ1) is 7.07. The number of nitrogens with zero attached hydrogens (tertiary/aromatic N) is 1. The van der Waals surface area contributed by atoms with E-state index in [9.17, 15) is 13.2 Å². The molecule has 5 heteroatoms. The summed E-state index contributed by atoms with van der Waals surface area (Å²) in [7, 11) is 0. The van der Waals surface area contributed by atoms with E-state index in [0.29, 0.717) is 12.8 Å². The van der Waals surface area contributed by atoms with Crippen molar-refractivity contribution >= 4 is 0 Å². The summed E-state index contributed by atoms with van der Waals surface area (Å²) in [5.41, 5.74) is 0.968. The largest absolute Gasteiger partial charge is 0.391 e. The minimum absolute atomic E-state index is 0.228. The zero-order valence-corrected chi connectivity index (χ0v) is 8.22. The molecule has 84 valence electrons. The van der Waals surface area contributed by atoms with Crippen molar-refractivity contribution in [3.8, 4) is 0 Å². The highest BCUT2D eigenvalue weighted by Gasteiger charge is 2.41. The Kier molecular flexibility index (Phi) is 2.71. The average molecular weight is 218 g/mol. The molecule has 0 spiro atoms. The number of alkyl halides is 3. The van der Waals surface area contributed by atoms with E-state index in [1.165, 1.54) is 0 Å². The zero-order chi connectivity index (χ0) is 10.9. The molecule has 0 aromatic carbocycles. The normalized spacial score (nSPS) is 27.9. The van der Waals surface area contributed by atoms with Gasteiger partial charge in [0.2, 0.25) is 0 Å². The molecule has 1 heterocycles. The number of nitrogens with one attached hydrogen (secondary N) is 1. The number of rotatable bonds is 1. The monoisotopic (exact) mass is 218 g/mol. The average Bonchev–Trinajstić information content (AvgIpc) is 2.69. The van der Waals surface area contributed by atoms with Crippen molar-refractivity contribution in [2.24, 2.45) is 5.92 Å². The Morgan fingerprint density at radius 1 is 1.20 bits per heavy atom. The van der Waals surface area contributed by atoms with E-state index >= 15 is 0 Å². The molecule has 1 saturated carbocycles. The van der Waals surface area contributed by atoms with E-state index in [-0.39, 0.29) is 18.8 Å². The molecule has 1 N–H and O–H groups in total. The van der Waals surface area contributed by atoms with Gasteiger partial charge < -0.3 is 0 Å². The van der Waals surface area contributed by atoms with Gasteiger partial charge in [-0.3, -0.25) is 5.10 Å². The summed E-state index contributed by atoms with van der Waals surface area (Å²) in [5.74, 6) is -0.872. The summed E-state index contributed by atoms with van der Waals surface area (Å²) < 4.78 is 37.2. The van der Waals surface area contributed by atoms with Gasteiger partial charge in [0.15, 0.2) is 0 Å². The molecule has 2 nitrogen and oxygen atoms in total. The molecule has 15 heavy (non-hydrogen) atoms. The molecule has 1 aliphatic rings. The van der Waals surface area contributed by atoms with Gasteiger partial charge in [-0.25, -0.2) is 0 Å². The number of aromatic amines is 1. The lowest BCUT2D eigenvalue weighted by molar-refractivity contribution is -0.182. The third-order valence-corrected chi connectivity index (χ3v) is 3.15. The predicted molar refractivity (Wildman–Crippen MR) is 49.3 cm³/mol. The highest BCUT2D eigenvalue weighted by Crippen LogP contribution is 2.42. The quantitative estimate of drug-likeness (QED) is 0.770. The molecule has 1 aromatic rings. The van der Waals surface area contributed by atoms with Crippen LogP contribution in [0.2, 0.25) is 0 Å². The van der Waals surface area contributed by atoms with Crippen LogP contribution in [-0.4, -0.2) is 16.4 Å². The number of H-pyrrole nitrogens is 1. The standard InChI is InChI=1S/C10H13F3N2/c11-10(12,13)8-3-1-7(2-4-8)9-5-6-14-15-9/h5-8H,1-4H2,(H,14,15). The van der Waals surface area contributed by atoms with Gasteiger partial charge >= 0.3 is 6.18 Å². The maximum atomic E-state index is 12.4. The fraction of sp³-hybridized carbons (Fsp3) is 0.700. The minimum Gasteiger partial charge on any atom is -0.282 e. The molecule has 1 aliphatic carbocycles. The molecule has 0 saturated heterocycles. The third kappa shape index (κ3) is 2.33. The minimum atomic E-state index is -4.01. The van der Waals surface area contributed by atoms with Crippen molar-refractivity contribution in [2.45, 2.75) is 37.8 Å². The van der Waals surface area contributed by atoms with Crippen LogP contribution in [0.3, 0.4) is 0 Å². The van der Waals surface area contributed by atoms with Gasteiger partial charge in [-0.15, -0.1) is 0 Å². The molecule has 0 bridgehead atoms. The van der Waals surface area contributed by atoms with Crippen LogP contribution in [0.4, 0.5) is 13.2 Å². The Labute approximate surface area is 85.9 Å². The lowest BCUT2D eigenvalue weighted by Gasteiger charge is -2.29. The number of hydrogen-bond donors (Lipinski definition) is 1. The first-order valence-electron chi connectivity index (χ1n) is 5.13. The van der Waals surface area contributed by atoms with Crippen molar-refractivity contribution in [3.05, 3.63) is 18.0 Å². The summed E-state index contributed by atoms with van der Waals surface area (Å²) in [4.78, 5) is 0. The Hall–Kier alpha value is -1.00. The van der Waals surface area contributed by atoms with Gasteiger partial charge in [-0.05, 0) is 31.7 Å². The van der Waals surface area contributed by atoms with Crippen LogP contribution in [0.15, 0.2) is 12.3 Å². The van der Waals surface area contributed by atoms with Crippen LogP contribution in [0.1, 0.15) is 37.3 Å². The molecular weight excluding hydrogens is 205 g/mol. The second kappa shape index (κ2) is 3.87. The second-order valence-electron chi connectivity index (χ2n) is 4.10. The maximum Gasteiger partial charge on any atom is 0.391 e. The molecule has 0 aliphatic heterocycles. The Balaban J connectivity index is 1.93. The summed E-state index contributed by atoms with van der Waals surface area (Å²) in [6.45, 7) is 0. The highest BCUT2D eigenvalue weighted by molar-refractivity contribution is 5.06. The van der Waals surface area contributed by atoms with Crippen LogP contribution < -0.4 is 0 Å². The summed E-state index contributed by atoms with van der Waals surface area (Å²) >= 11 is 0. The van der Waals surface area contributed by atoms with Crippen molar-refractivity contribution in [3.63, 3.8) is 0 Å². The number of aromatic nitrogens is 2. The van der Waals surface area contributed by atoms with E-state index in [4.69, 9.17) is 0 Å². The van der Waals surface area contributed by atoms with E-state index in [1.807, 2.05) is 6.07 Å². The Morgan fingerprint density at radius 2 is 1.87 bits per heavy atom.